The quantitative estimate of drug-likeness (QED) is 0.107. The van der Waals surface area contributed by atoms with Gasteiger partial charge in [0, 0.05) is 42.6 Å². The molecule has 1 atom stereocenters. The number of furan rings is 1. The Morgan fingerprint density at radius 3 is 2.03 bits per heavy atom. The molecule has 0 N–H and O–H groups in total. The summed E-state index contributed by atoms with van der Waals surface area (Å²) in [6.45, 7) is 15.2. The summed E-state index contributed by atoms with van der Waals surface area (Å²) in [7, 11) is 0. The fourth-order valence-corrected chi connectivity index (χ4v) is 12.4. The van der Waals surface area contributed by atoms with Gasteiger partial charge in [-0.2, -0.15) is 0 Å². The van der Waals surface area contributed by atoms with Crippen LogP contribution in [0.25, 0.3) is 83.2 Å². The van der Waals surface area contributed by atoms with Crippen molar-refractivity contribution in [1.82, 2.24) is 14.5 Å². The Hall–Kier alpha value is -5.73. The molecule has 0 amide bonds. The van der Waals surface area contributed by atoms with Crippen molar-refractivity contribution in [3.05, 3.63) is 180 Å². The summed E-state index contributed by atoms with van der Waals surface area (Å²) >= 11 is -2.08. The number of halogens is 2. The first kappa shape index (κ1) is 47.3. The predicted molar refractivity (Wildman–Crippen MR) is 278 cm³/mol. The minimum Gasteiger partial charge on any atom is 0 e. The number of para-hydroxylation sites is 1. The van der Waals surface area contributed by atoms with Crippen LogP contribution < -0.4 is 4.40 Å². The standard InChI is InChI=1S/C41H31F2N2O.C19H26GeN.Ir/c1-23(2)30-11-7-12-31(24(3)4)38(30)45-39-32-10-6-5-9-25(32)16-18-36(39)44-41(45)35-14-8-13-34-33-17-15-26(21-37(33)46-40(34)35)27-19-28(42)22-29(43)20-27;1-14(2)15(3)17-12-19(16-10-8-7-9-11-16)21-13-18(17)20(4,5)6;/h5-13,15-24H,1-4H3;7-10,12-15H,1-6H3;/q2*-1;/i;15D;. The smallest absolute Gasteiger partial charge is 0 e. The summed E-state index contributed by atoms with van der Waals surface area (Å²) in [5.74, 6) is 6.81. The first-order chi connectivity index (χ1) is 32.4. The topological polar surface area (TPSA) is 43.9 Å². The van der Waals surface area contributed by atoms with Crippen LogP contribution in [0, 0.1) is 29.7 Å². The van der Waals surface area contributed by atoms with Gasteiger partial charge in [-0.3, -0.25) is 4.98 Å². The van der Waals surface area contributed by atoms with Gasteiger partial charge in [-0.25, -0.2) is 8.78 Å². The molecular formula is C60H57F2GeIrN3O-2. The molecule has 3 heterocycles. The zero-order valence-electron chi connectivity index (χ0n) is 41.4. The Morgan fingerprint density at radius 1 is 0.662 bits per heavy atom. The van der Waals surface area contributed by atoms with E-state index in [4.69, 9.17) is 10.8 Å². The number of pyridine rings is 1. The third-order valence-electron chi connectivity index (χ3n) is 12.9. The zero-order valence-corrected chi connectivity index (χ0v) is 44.8. The molecule has 0 aliphatic heterocycles. The third kappa shape index (κ3) is 9.38. The van der Waals surface area contributed by atoms with Crippen LogP contribution in [-0.2, 0) is 20.1 Å². The number of hydrogen-bond donors (Lipinski definition) is 0. The Bertz CT molecular complexity index is 3450. The van der Waals surface area contributed by atoms with Crippen LogP contribution in [0.1, 0.15) is 84.3 Å². The van der Waals surface area contributed by atoms with E-state index in [9.17, 15) is 8.78 Å². The molecule has 0 saturated heterocycles. The fourth-order valence-electron chi connectivity index (χ4n) is 9.19. The number of aromatic nitrogens is 3. The first-order valence-corrected chi connectivity index (χ1v) is 30.6. The summed E-state index contributed by atoms with van der Waals surface area (Å²) < 4.78 is 47.3. The van der Waals surface area contributed by atoms with E-state index in [1.807, 2.05) is 67.7 Å². The molecule has 10 aromatic rings. The Balaban J connectivity index is 0.000000236. The van der Waals surface area contributed by atoms with E-state index in [1.165, 1.54) is 27.7 Å². The zero-order chi connectivity index (χ0) is 48.2. The maximum atomic E-state index is 14.1. The summed E-state index contributed by atoms with van der Waals surface area (Å²) in [6.07, 6.45) is 2.03. The van der Waals surface area contributed by atoms with Crippen LogP contribution in [0.4, 0.5) is 8.78 Å². The molecule has 347 valence electrons. The third-order valence-corrected chi connectivity index (χ3v) is 17.2. The SMILES string of the molecule is CC(C)c1cccc(C(C)C)c1-n1c(-c2[c-]ccc3c2oc2cc(-c4cc(F)cc(F)c4)ccc23)nc2ccc3ccccc3c21.[2H]C(C)(c1cc(-c2[c-]cccc2)nc[c]1[Ge]([CH3])([CH3])[CH3])C(C)C.[Ir]. The van der Waals surface area contributed by atoms with Gasteiger partial charge in [-0.05, 0) is 63.7 Å². The van der Waals surface area contributed by atoms with Crippen molar-refractivity contribution < 1.29 is 34.7 Å². The molecule has 0 spiro atoms. The van der Waals surface area contributed by atoms with E-state index in [1.54, 1.807) is 0 Å². The van der Waals surface area contributed by atoms with Gasteiger partial charge in [0.2, 0.25) is 0 Å². The minimum absolute atomic E-state index is 0. The van der Waals surface area contributed by atoms with E-state index in [0.29, 0.717) is 22.3 Å². The van der Waals surface area contributed by atoms with Crippen molar-refractivity contribution in [1.29, 1.82) is 0 Å². The second-order valence-corrected chi connectivity index (χ2v) is 30.1. The molecule has 68 heavy (non-hydrogen) atoms. The van der Waals surface area contributed by atoms with Gasteiger partial charge in [0.1, 0.15) is 17.2 Å². The largest absolute Gasteiger partial charge is 0 e. The first-order valence-electron chi connectivity index (χ1n) is 23.8. The van der Waals surface area contributed by atoms with Crippen LogP contribution in [0.15, 0.2) is 144 Å². The maximum Gasteiger partial charge on any atom is 0 e. The van der Waals surface area contributed by atoms with Crippen molar-refractivity contribution in [2.75, 3.05) is 0 Å². The van der Waals surface area contributed by atoms with Gasteiger partial charge in [-0.15, -0.1) is 18.2 Å². The van der Waals surface area contributed by atoms with Gasteiger partial charge in [0.15, 0.2) is 0 Å². The average Bonchev–Trinajstić information content (AvgIpc) is 3.89. The number of fused-ring (bicyclic) bond motifs is 6. The number of rotatable bonds is 9. The Morgan fingerprint density at radius 2 is 1.37 bits per heavy atom. The van der Waals surface area contributed by atoms with Crippen molar-refractivity contribution in [2.45, 2.75) is 83.5 Å². The number of hydrogen-bond acceptors (Lipinski definition) is 3. The average molecular weight is 1140 g/mol. The molecule has 10 rings (SSSR count). The Kier molecular flexibility index (Phi) is 13.7. The maximum absolute atomic E-state index is 14.1. The van der Waals surface area contributed by atoms with Gasteiger partial charge in [0.25, 0.3) is 0 Å². The molecule has 0 bridgehead atoms. The van der Waals surface area contributed by atoms with Crippen LogP contribution >= 0.6 is 0 Å². The Labute approximate surface area is 417 Å². The van der Waals surface area contributed by atoms with E-state index in [2.05, 4.69) is 141 Å². The molecule has 4 nitrogen and oxygen atoms in total. The van der Waals surface area contributed by atoms with E-state index >= 15 is 0 Å². The monoisotopic (exact) mass is 1140 g/mol. The number of nitrogens with zero attached hydrogens (tertiary/aromatic N) is 3. The van der Waals surface area contributed by atoms with Crippen LogP contribution in [0.3, 0.4) is 0 Å². The number of benzene rings is 7. The molecule has 1 radical (unpaired) electrons. The van der Waals surface area contributed by atoms with Crippen LogP contribution in [-0.4, -0.2) is 27.8 Å². The molecule has 3 aromatic heterocycles. The second kappa shape index (κ2) is 19.7. The minimum atomic E-state index is -2.08. The van der Waals surface area contributed by atoms with E-state index < -0.39 is 30.8 Å². The number of imidazole rings is 1. The molecule has 0 aliphatic rings. The molecule has 0 fully saturated rings. The molecule has 7 aromatic carbocycles. The van der Waals surface area contributed by atoms with E-state index in [0.717, 1.165) is 72.5 Å². The van der Waals surface area contributed by atoms with Gasteiger partial charge < -0.3 is 8.98 Å². The summed E-state index contributed by atoms with van der Waals surface area (Å²) in [4.78, 5) is 9.98. The normalized spacial score (nSPS) is 13.0. The fraction of sp³-hybridized carbons (Fsp3) is 0.233. The summed E-state index contributed by atoms with van der Waals surface area (Å²) in [5.41, 5.74) is 11.8. The van der Waals surface area contributed by atoms with Gasteiger partial charge in [-0.1, -0.05) is 99.3 Å². The van der Waals surface area contributed by atoms with Crippen molar-refractivity contribution in [3.63, 3.8) is 0 Å². The molecular weight excluding hydrogens is 1080 g/mol. The van der Waals surface area contributed by atoms with Gasteiger partial charge in [0.05, 0.1) is 22.4 Å². The van der Waals surface area contributed by atoms with Crippen molar-refractivity contribution >= 4 is 61.4 Å². The van der Waals surface area contributed by atoms with Crippen molar-refractivity contribution in [2.24, 2.45) is 5.92 Å². The van der Waals surface area contributed by atoms with Crippen LogP contribution in [0.2, 0.25) is 17.3 Å². The van der Waals surface area contributed by atoms with Crippen LogP contribution in [0.5, 0.6) is 0 Å². The molecule has 0 aliphatic carbocycles. The van der Waals surface area contributed by atoms with Crippen molar-refractivity contribution in [3.8, 4) is 39.5 Å². The second-order valence-electron chi connectivity index (χ2n) is 19.6. The van der Waals surface area contributed by atoms with Gasteiger partial charge >= 0.3 is 133 Å². The molecule has 0 saturated carbocycles. The summed E-state index contributed by atoms with van der Waals surface area (Å²) in [6, 6.07) is 49.1. The van der Waals surface area contributed by atoms with E-state index in [-0.39, 0.29) is 37.9 Å². The summed E-state index contributed by atoms with van der Waals surface area (Å²) in [5, 5.41) is 4.09. The predicted octanol–water partition coefficient (Wildman–Crippen LogP) is 16.6. The molecule has 1 unspecified atom stereocenters. The molecule has 8 heteroatoms.